The maximum Gasteiger partial charge on any atom is 0.168 e. The molecule has 0 amide bonds. The maximum absolute atomic E-state index is 10.3. The summed E-state index contributed by atoms with van der Waals surface area (Å²) in [5.74, 6) is 1.37. The lowest BCUT2D eigenvalue weighted by Gasteiger charge is -2.25. The molecule has 1 aliphatic carbocycles. The third-order valence-electron chi connectivity index (χ3n) is 3.75. The number of benzene rings is 1. The first kappa shape index (κ1) is 13.5. The third kappa shape index (κ3) is 1.86. The summed E-state index contributed by atoms with van der Waals surface area (Å²) in [6, 6.07) is 1.66. The number of phenols is 1. The second-order valence-corrected chi connectivity index (χ2v) is 5.62. The number of methoxy groups -OCH3 is 2. The SMILES string of the molecule is COc1cc(Br)c(O)c(C2(C(C)N)CC2)c1OC. The summed E-state index contributed by atoms with van der Waals surface area (Å²) in [6.45, 7) is 1.96. The van der Waals surface area contributed by atoms with Gasteiger partial charge in [-0.25, -0.2) is 0 Å². The number of hydrogen-bond acceptors (Lipinski definition) is 4. The van der Waals surface area contributed by atoms with Gasteiger partial charge in [0.2, 0.25) is 0 Å². The average molecular weight is 316 g/mol. The van der Waals surface area contributed by atoms with Gasteiger partial charge in [-0.15, -0.1) is 0 Å². The van der Waals surface area contributed by atoms with E-state index >= 15 is 0 Å². The second kappa shape index (κ2) is 4.63. The number of rotatable bonds is 4. The van der Waals surface area contributed by atoms with Crippen molar-refractivity contribution in [3.8, 4) is 17.2 Å². The van der Waals surface area contributed by atoms with E-state index in [-0.39, 0.29) is 17.2 Å². The van der Waals surface area contributed by atoms with Crippen molar-refractivity contribution in [3.63, 3.8) is 0 Å². The van der Waals surface area contributed by atoms with Crippen LogP contribution in [0, 0.1) is 0 Å². The third-order valence-corrected chi connectivity index (χ3v) is 4.36. The Morgan fingerprint density at radius 3 is 2.39 bits per heavy atom. The molecule has 0 aromatic heterocycles. The van der Waals surface area contributed by atoms with Crippen LogP contribution >= 0.6 is 15.9 Å². The standard InChI is InChI=1S/C13H18BrNO3/c1-7(15)13(4-5-13)10-11(16)8(14)6-9(17-2)12(10)18-3/h6-7,16H,4-5,15H2,1-3H3. The normalized spacial score (nSPS) is 18.3. The van der Waals surface area contributed by atoms with E-state index in [1.807, 2.05) is 6.92 Å². The van der Waals surface area contributed by atoms with Crippen LogP contribution in [0.15, 0.2) is 10.5 Å². The van der Waals surface area contributed by atoms with Gasteiger partial charge in [-0.3, -0.25) is 0 Å². The molecule has 1 unspecified atom stereocenters. The summed E-state index contributed by atoms with van der Waals surface area (Å²) in [6.07, 6.45) is 1.91. The molecular weight excluding hydrogens is 298 g/mol. The Labute approximate surface area is 115 Å². The van der Waals surface area contributed by atoms with E-state index in [1.165, 1.54) is 0 Å². The first-order valence-corrected chi connectivity index (χ1v) is 6.66. The van der Waals surface area contributed by atoms with Crippen LogP contribution in [-0.2, 0) is 5.41 Å². The van der Waals surface area contributed by atoms with Crippen LogP contribution < -0.4 is 15.2 Å². The van der Waals surface area contributed by atoms with Gasteiger partial charge in [-0.2, -0.15) is 0 Å². The van der Waals surface area contributed by atoms with E-state index in [0.29, 0.717) is 16.0 Å². The summed E-state index contributed by atoms with van der Waals surface area (Å²) < 4.78 is 11.3. The minimum Gasteiger partial charge on any atom is -0.506 e. The monoisotopic (exact) mass is 315 g/mol. The molecule has 0 spiro atoms. The molecule has 2 rings (SSSR count). The molecule has 0 bridgehead atoms. The summed E-state index contributed by atoms with van der Waals surface area (Å²) in [5, 5.41) is 10.3. The van der Waals surface area contributed by atoms with Gasteiger partial charge in [0.05, 0.1) is 18.7 Å². The Morgan fingerprint density at radius 1 is 1.39 bits per heavy atom. The number of phenolic OH excluding ortho intramolecular Hbond substituents is 1. The molecule has 4 nitrogen and oxygen atoms in total. The minimum atomic E-state index is -0.202. The molecule has 0 saturated heterocycles. The topological polar surface area (TPSA) is 64.7 Å². The largest absolute Gasteiger partial charge is 0.506 e. The fourth-order valence-electron chi connectivity index (χ4n) is 2.48. The van der Waals surface area contributed by atoms with Crippen molar-refractivity contribution in [3.05, 3.63) is 16.1 Å². The van der Waals surface area contributed by atoms with Gasteiger partial charge in [-0.05, 0) is 35.7 Å². The molecule has 1 aromatic carbocycles. The molecule has 1 fully saturated rings. The second-order valence-electron chi connectivity index (χ2n) is 4.76. The molecule has 1 saturated carbocycles. The summed E-state index contributed by atoms with van der Waals surface area (Å²) in [7, 11) is 3.16. The molecule has 5 heteroatoms. The Kier molecular flexibility index (Phi) is 3.47. The Balaban J connectivity index is 2.68. The molecule has 1 atom stereocenters. The van der Waals surface area contributed by atoms with Gasteiger partial charge in [0.25, 0.3) is 0 Å². The maximum atomic E-state index is 10.3. The van der Waals surface area contributed by atoms with Crippen molar-refractivity contribution >= 4 is 15.9 Å². The van der Waals surface area contributed by atoms with Crippen molar-refractivity contribution < 1.29 is 14.6 Å². The van der Waals surface area contributed by atoms with Gasteiger partial charge in [0.15, 0.2) is 11.5 Å². The van der Waals surface area contributed by atoms with Crippen LogP contribution in [0.5, 0.6) is 17.2 Å². The van der Waals surface area contributed by atoms with Crippen molar-refractivity contribution in [2.45, 2.75) is 31.2 Å². The summed E-state index contributed by atoms with van der Waals surface area (Å²) >= 11 is 3.34. The van der Waals surface area contributed by atoms with Crippen molar-refractivity contribution in [2.75, 3.05) is 14.2 Å². The molecule has 3 N–H and O–H groups in total. The first-order chi connectivity index (χ1) is 8.47. The molecule has 1 aliphatic rings. The van der Waals surface area contributed by atoms with Crippen molar-refractivity contribution in [1.29, 1.82) is 0 Å². The fraction of sp³-hybridized carbons (Fsp3) is 0.538. The van der Waals surface area contributed by atoms with Crippen molar-refractivity contribution in [2.24, 2.45) is 5.73 Å². The van der Waals surface area contributed by atoms with E-state index < -0.39 is 0 Å². The van der Waals surface area contributed by atoms with E-state index in [1.54, 1.807) is 20.3 Å². The average Bonchev–Trinajstić information content (AvgIpc) is 3.12. The minimum absolute atomic E-state index is 0.0451. The number of hydrogen-bond donors (Lipinski definition) is 2. The molecule has 1 aromatic rings. The van der Waals surface area contributed by atoms with Gasteiger partial charge >= 0.3 is 0 Å². The Bertz CT molecular complexity index is 470. The van der Waals surface area contributed by atoms with Crippen LogP contribution in [-0.4, -0.2) is 25.4 Å². The summed E-state index contributed by atoms with van der Waals surface area (Å²) in [4.78, 5) is 0. The van der Waals surface area contributed by atoms with E-state index in [2.05, 4.69) is 15.9 Å². The summed E-state index contributed by atoms with van der Waals surface area (Å²) in [5.41, 5.74) is 6.63. The smallest absolute Gasteiger partial charge is 0.168 e. The quantitative estimate of drug-likeness (QED) is 0.896. The molecule has 100 valence electrons. The highest BCUT2D eigenvalue weighted by atomic mass is 79.9. The zero-order valence-electron chi connectivity index (χ0n) is 10.8. The zero-order valence-corrected chi connectivity index (χ0v) is 12.4. The lowest BCUT2D eigenvalue weighted by atomic mass is 9.87. The number of halogens is 1. The molecule has 0 heterocycles. The lowest BCUT2D eigenvalue weighted by Crippen LogP contribution is -2.32. The van der Waals surface area contributed by atoms with Crippen LogP contribution in [0.4, 0.5) is 0 Å². The Morgan fingerprint density at radius 2 is 2.00 bits per heavy atom. The van der Waals surface area contributed by atoms with Gasteiger partial charge in [0, 0.05) is 23.1 Å². The number of aromatic hydroxyl groups is 1. The van der Waals surface area contributed by atoms with E-state index in [4.69, 9.17) is 15.2 Å². The highest BCUT2D eigenvalue weighted by Crippen LogP contribution is 2.59. The first-order valence-electron chi connectivity index (χ1n) is 5.87. The van der Waals surface area contributed by atoms with Crippen LogP contribution in [0.2, 0.25) is 0 Å². The number of nitrogens with two attached hydrogens (primary N) is 1. The van der Waals surface area contributed by atoms with E-state index in [9.17, 15) is 5.11 Å². The van der Waals surface area contributed by atoms with Crippen LogP contribution in [0.1, 0.15) is 25.3 Å². The molecular formula is C13H18BrNO3. The lowest BCUT2D eigenvalue weighted by molar-refractivity contribution is 0.338. The molecule has 0 radical (unpaired) electrons. The predicted octanol–water partition coefficient (Wildman–Crippen LogP) is 2.55. The van der Waals surface area contributed by atoms with Gasteiger partial charge in [0.1, 0.15) is 5.75 Å². The number of ether oxygens (including phenoxy) is 2. The van der Waals surface area contributed by atoms with Crippen LogP contribution in [0.25, 0.3) is 0 Å². The van der Waals surface area contributed by atoms with Gasteiger partial charge in [-0.1, -0.05) is 0 Å². The van der Waals surface area contributed by atoms with E-state index in [0.717, 1.165) is 18.4 Å². The molecule has 18 heavy (non-hydrogen) atoms. The highest BCUT2D eigenvalue weighted by Gasteiger charge is 2.51. The van der Waals surface area contributed by atoms with Gasteiger partial charge < -0.3 is 20.3 Å². The predicted molar refractivity (Wildman–Crippen MR) is 73.5 cm³/mol. The Hall–Kier alpha value is -0.940. The fourth-order valence-corrected chi connectivity index (χ4v) is 2.89. The zero-order chi connectivity index (χ0) is 13.5. The molecule has 0 aliphatic heterocycles. The van der Waals surface area contributed by atoms with Crippen LogP contribution in [0.3, 0.4) is 0 Å². The highest BCUT2D eigenvalue weighted by molar-refractivity contribution is 9.10. The van der Waals surface area contributed by atoms with Crippen molar-refractivity contribution in [1.82, 2.24) is 0 Å².